The normalized spacial score (nSPS) is 14.5. The van der Waals surface area contributed by atoms with Gasteiger partial charge in [0, 0.05) is 0 Å². The van der Waals surface area contributed by atoms with Crippen molar-refractivity contribution >= 4 is 12.2 Å². The van der Waals surface area contributed by atoms with Gasteiger partial charge in [-0.25, -0.2) is 0 Å². The van der Waals surface area contributed by atoms with E-state index in [0.717, 1.165) is 25.7 Å². The highest BCUT2D eigenvalue weighted by Gasteiger charge is 2.14. The van der Waals surface area contributed by atoms with Crippen LogP contribution in [0.25, 0.3) is 12.2 Å². The summed E-state index contributed by atoms with van der Waals surface area (Å²) in [5.41, 5.74) is 11.8. The van der Waals surface area contributed by atoms with Gasteiger partial charge in [0.15, 0.2) is 0 Å². The van der Waals surface area contributed by atoms with Crippen LogP contribution in [0.15, 0.2) is 36.4 Å². The summed E-state index contributed by atoms with van der Waals surface area (Å²) in [7, 11) is 0. The van der Waals surface area contributed by atoms with Gasteiger partial charge in [-0.15, -0.1) is 0 Å². The summed E-state index contributed by atoms with van der Waals surface area (Å²) in [6.07, 6.45) is 13.7. The van der Waals surface area contributed by atoms with Gasteiger partial charge in [-0.05, 0) is 72.9 Å². The molecule has 110 valence electrons. The Balaban J connectivity index is 1.65. The van der Waals surface area contributed by atoms with E-state index in [1.54, 1.807) is 0 Å². The highest BCUT2D eigenvalue weighted by molar-refractivity contribution is 5.66. The molecule has 2 aliphatic rings. The van der Waals surface area contributed by atoms with Crippen molar-refractivity contribution in [1.82, 2.24) is 0 Å². The minimum absolute atomic E-state index is 1.10. The number of fused-ring (bicyclic) bond motifs is 2. The van der Waals surface area contributed by atoms with E-state index in [2.05, 4.69) is 62.4 Å². The maximum Gasteiger partial charge on any atom is -0.00880 e. The minimum atomic E-state index is 1.10. The Morgan fingerprint density at radius 2 is 1.14 bits per heavy atom. The minimum Gasteiger partial charge on any atom is -0.0795 e. The SMILES string of the molecule is Cc1cc2c(c(CCc3cc(C)cc4c3C=CC4)c1)C=CC2. The first-order valence-electron chi connectivity index (χ1n) is 8.28. The van der Waals surface area contributed by atoms with Crippen LogP contribution in [0, 0.1) is 13.8 Å². The fourth-order valence-electron chi connectivity index (χ4n) is 3.96. The molecule has 0 aliphatic heterocycles. The quantitative estimate of drug-likeness (QED) is 0.725. The second kappa shape index (κ2) is 5.28. The lowest BCUT2D eigenvalue weighted by Gasteiger charge is -2.13. The predicted octanol–water partition coefficient (Wildman–Crippen LogP) is 5.23. The first-order chi connectivity index (χ1) is 10.7. The van der Waals surface area contributed by atoms with E-state index in [4.69, 9.17) is 0 Å². The average molecular weight is 286 g/mol. The summed E-state index contributed by atoms with van der Waals surface area (Å²) in [5.74, 6) is 0. The molecule has 22 heavy (non-hydrogen) atoms. The summed E-state index contributed by atoms with van der Waals surface area (Å²) in [4.78, 5) is 0. The van der Waals surface area contributed by atoms with Crippen LogP contribution in [0.4, 0.5) is 0 Å². The molecule has 2 aliphatic carbocycles. The summed E-state index contributed by atoms with van der Waals surface area (Å²) in [5, 5.41) is 0. The Hall–Kier alpha value is -2.08. The van der Waals surface area contributed by atoms with E-state index in [1.165, 1.54) is 44.5 Å². The molecule has 0 heteroatoms. The predicted molar refractivity (Wildman–Crippen MR) is 95.2 cm³/mol. The van der Waals surface area contributed by atoms with Gasteiger partial charge < -0.3 is 0 Å². The molecule has 0 aromatic heterocycles. The number of aryl methyl sites for hydroxylation is 4. The van der Waals surface area contributed by atoms with Crippen LogP contribution in [0.5, 0.6) is 0 Å². The highest BCUT2D eigenvalue weighted by Crippen LogP contribution is 2.29. The van der Waals surface area contributed by atoms with Crippen molar-refractivity contribution in [3.8, 4) is 0 Å². The van der Waals surface area contributed by atoms with Crippen LogP contribution in [-0.4, -0.2) is 0 Å². The van der Waals surface area contributed by atoms with Gasteiger partial charge in [0.1, 0.15) is 0 Å². The van der Waals surface area contributed by atoms with E-state index in [9.17, 15) is 0 Å². The van der Waals surface area contributed by atoms with Gasteiger partial charge in [-0.1, -0.05) is 59.7 Å². The number of allylic oxidation sites excluding steroid dienone is 2. The molecule has 4 rings (SSSR count). The van der Waals surface area contributed by atoms with Gasteiger partial charge in [-0.2, -0.15) is 0 Å². The van der Waals surface area contributed by atoms with Crippen molar-refractivity contribution in [3.63, 3.8) is 0 Å². The van der Waals surface area contributed by atoms with E-state index in [0.29, 0.717) is 0 Å². The monoisotopic (exact) mass is 286 g/mol. The number of rotatable bonds is 3. The molecule has 0 atom stereocenters. The fourth-order valence-corrected chi connectivity index (χ4v) is 3.96. The van der Waals surface area contributed by atoms with E-state index < -0.39 is 0 Å². The Morgan fingerprint density at radius 1 is 0.682 bits per heavy atom. The Kier molecular flexibility index (Phi) is 3.26. The molecule has 2 aromatic carbocycles. The van der Waals surface area contributed by atoms with Crippen molar-refractivity contribution in [2.45, 2.75) is 39.5 Å². The maximum absolute atomic E-state index is 2.38. The van der Waals surface area contributed by atoms with Crippen LogP contribution in [0.3, 0.4) is 0 Å². The molecule has 0 unspecified atom stereocenters. The lowest BCUT2D eigenvalue weighted by atomic mass is 9.92. The van der Waals surface area contributed by atoms with Gasteiger partial charge in [0.2, 0.25) is 0 Å². The highest BCUT2D eigenvalue weighted by atomic mass is 14.2. The number of hydrogen-bond donors (Lipinski definition) is 0. The molecule has 0 spiro atoms. The lowest BCUT2D eigenvalue weighted by molar-refractivity contribution is 0.945. The summed E-state index contributed by atoms with van der Waals surface area (Å²) < 4.78 is 0. The van der Waals surface area contributed by atoms with Crippen LogP contribution in [-0.2, 0) is 25.7 Å². The average Bonchev–Trinajstić information content (AvgIpc) is 3.12. The van der Waals surface area contributed by atoms with E-state index >= 15 is 0 Å². The summed E-state index contributed by atoms with van der Waals surface area (Å²) in [6, 6.07) is 9.43. The second-order valence-corrected chi connectivity index (χ2v) is 6.71. The third-order valence-electron chi connectivity index (χ3n) is 4.90. The standard InChI is InChI=1S/C22H22/c1-15-11-17-5-3-7-21(17)19(13-15)9-10-20-14-16(2)12-18-6-4-8-22(18)20/h3-4,7-8,11-14H,5-6,9-10H2,1-2H3. The third-order valence-corrected chi connectivity index (χ3v) is 4.90. The molecule has 0 N–H and O–H groups in total. The van der Waals surface area contributed by atoms with E-state index in [1.807, 2.05) is 0 Å². The van der Waals surface area contributed by atoms with Gasteiger partial charge >= 0.3 is 0 Å². The zero-order valence-electron chi connectivity index (χ0n) is 13.4. The van der Waals surface area contributed by atoms with Crippen LogP contribution in [0.2, 0.25) is 0 Å². The van der Waals surface area contributed by atoms with Crippen molar-refractivity contribution < 1.29 is 0 Å². The van der Waals surface area contributed by atoms with Gasteiger partial charge in [0.25, 0.3) is 0 Å². The van der Waals surface area contributed by atoms with Crippen molar-refractivity contribution in [2.75, 3.05) is 0 Å². The molecule has 2 aromatic rings. The van der Waals surface area contributed by atoms with Crippen molar-refractivity contribution in [3.05, 3.63) is 80.9 Å². The van der Waals surface area contributed by atoms with Gasteiger partial charge in [0.05, 0.1) is 0 Å². The fraction of sp³-hybridized carbons (Fsp3) is 0.273. The molecule has 0 bridgehead atoms. The maximum atomic E-state index is 2.38. The largest absolute Gasteiger partial charge is 0.0795 e. The summed E-state index contributed by atoms with van der Waals surface area (Å²) >= 11 is 0. The summed E-state index contributed by atoms with van der Waals surface area (Å²) in [6.45, 7) is 4.43. The Bertz CT molecular complexity index is 734. The Labute approximate surface area is 133 Å². The Morgan fingerprint density at radius 3 is 1.59 bits per heavy atom. The topological polar surface area (TPSA) is 0 Å². The first kappa shape index (κ1) is 13.6. The smallest absolute Gasteiger partial charge is 0.00880 e. The molecule has 0 saturated heterocycles. The molecule has 0 fully saturated rings. The molecule has 0 heterocycles. The second-order valence-electron chi connectivity index (χ2n) is 6.71. The third kappa shape index (κ3) is 2.33. The van der Waals surface area contributed by atoms with Crippen LogP contribution in [0.1, 0.15) is 44.5 Å². The molecule has 0 nitrogen and oxygen atoms in total. The van der Waals surface area contributed by atoms with Crippen molar-refractivity contribution in [2.24, 2.45) is 0 Å². The zero-order valence-corrected chi connectivity index (χ0v) is 13.4. The van der Waals surface area contributed by atoms with Crippen LogP contribution >= 0.6 is 0 Å². The van der Waals surface area contributed by atoms with E-state index in [-0.39, 0.29) is 0 Å². The lowest BCUT2D eigenvalue weighted by Crippen LogP contribution is -2.00. The van der Waals surface area contributed by atoms with Crippen LogP contribution < -0.4 is 0 Å². The molecule has 0 radical (unpaired) electrons. The molecular weight excluding hydrogens is 264 g/mol. The molecule has 0 amide bonds. The van der Waals surface area contributed by atoms with Gasteiger partial charge in [-0.3, -0.25) is 0 Å². The molecule has 0 saturated carbocycles. The first-order valence-corrected chi connectivity index (χ1v) is 8.28. The zero-order chi connectivity index (χ0) is 15.1. The number of hydrogen-bond acceptors (Lipinski definition) is 0. The molecular formula is C22H22. The number of benzene rings is 2. The van der Waals surface area contributed by atoms with Crippen molar-refractivity contribution in [1.29, 1.82) is 0 Å².